The van der Waals surface area contributed by atoms with Crippen molar-refractivity contribution in [2.24, 2.45) is 0 Å². The van der Waals surface area contributed by atoms with Crippen molar-refractivity contribution in [3.8, 4) is 6.07 Å². The number of nitriles is 1. The molecule has 0 unspecified atom stereocenters. The average Bonchev–Trinajstić information content (AvgIpc) is 2.74. The summed E-state index contributed by atoms with van der Waals surface area (Å²) in [6.07, 6.45) is 0. The number of aryl methyl sites for hydroxylation is 1. The summed E-state index contributed by atoms with van der Waals surface area (Å²) in [5.41, 5.74) is 2.32. The summed E-state index contributed by atoms with van der Waals surface area (Å²) in [5.74, 6) is 1.96. The molecule has 0 spiro atoms. The van der Waals surface area contributed by atoms with Gasteiger partial charge in [0.2, 0.25) is 0 Å². The fourth-order valence-electron chi connectivity index (χ4n) is 3.45. The lowest BCUT2D eigenvalue weighted by Crippen LogP contribution is -2.46. The Hall–Kier alpha value is -3.66. The maximum absolute atomic E-state index is 13.2. The molecule has 1 aromatic heterocycles. The predicted molar refractivity (Wildman–Crippen MR) is 112 cm³/mol. The summed E-state index contributed by atoms with van der Waals surface area (Å²) >= 11 is 0. The quantitative estimate of drug-likeness (QED) is 0.732. The molecule has 7 heteroatoms. The van der Waals surface area contributed by atoms with Crippen LogP contribution in [0.25, 0.3) is 0 Å². The number of halogens is 1. The first-order valence-corrected chi connectivity index (χ1v) is 9.50. The van der Waals surface area contributed by atoms with E-state index in [4.69, 9.17) is 0 Å². The lowest BCUT2D eigenvalue weighted by atomic mass is 10.2. The lowest BCUT2D eigenvalue weighted by molar-refractivity contribution is 0.624. The normalized spacial score (nSPS) is 13.8. The van der Waals surface area contributed by atoms with Crippen molar-refractivity contribution in [3.63, 3.8) is 0 Å². The van der Waals surface area contributed by atoms with Gasteiger partial charge in [-0.15, -0.1) is 0 Å². The molecule has 3 aromatic rings. The van der Waals surface area contributed by atoms with Crippen LogP contribution in [-0.4, -0.2) is 36.1 Å². The summed E-state index contributed by atoms with van der Waals surface area (Å²) in [7, 11) is 0. The number of benzene rings is 2. The van der Waals surface area contributed by atoms with Gasteiger partial charge in [-0.3, -0.25) is 0 Å². The predicted octanol–water partition coefficient (Wildman–Crippen LogP) is 3.87. The maximum atomic E-state index is 13.2. The topological polar surface area (TPSA) is 68.1 Å². The lowest BCUT2D eigenvalue weighted by Gasteiger charge is -2.36. The Bertz CT molecular complexity index is 1040. The number of hydrogen-bond acceptors (Lipinski definition) is 6. The minimum absolute atomic E-state index is 0.221. The van der Waals surface area contributed by atoms with Crippen LogP contribution in [0.3, 0.4) is 0 Å². The summed E-state index contributed by atoms with van der Waals surface area (Å²) < 4.78 is 13.2. The molecule has 1 aliphatic rings. The average molecular weight is 388 g/mol. The first-order chi connectivity index (χ1) is 14.1. The van der Waals surface area contributed by atoms with Gasteiger partial charge in [-0.05, 0) is 43.3 Å². The molecule has 1 N–H and O–H groups in total. The minimum atomic E-state index is -0.221. The number of hydrogen-bond donors (Lipinski definition) is 1. The second kappa shape index (κ2) is 8.15. The summed E-state index contributed by atoms with van der Waals surface area (Å²) in [6.45, 7) is 5.13. The second-order valence-corrected chi connectivity index (χ2v) is 6.89. The minimum Gasteiger partial charge on any atom is -0.368 e. The zero-order valence-electron chi connectivity index (χ0n) is 16.1. The van der Waals surface area contributed by atoms with Gasteiger partial charge < -0.3 is 15.1 Å². The molecule has 0 atom stereocenters. The van der Waals surface area contributed by atoms with Crippen LogP contribution in [0.5, 0.6) is 0 Å². The van der Waals surface area contributed by atoms with Gasteiger partial charge >= 0.3 is 0 Å². The fraction of sp³-hybridized carbons (Fsp3) is 0.227. The Morgan fingerprint density at radius 2 is 1.66 bits per heavy atom. The summed E-state index contributed by atoms with van der Waals surface area (Å²) in [5, 5.41) is 12.5. The molecule has 146 valence electrons. The second-order valence-electron chi connectivity index (χ2n) is 6.89. The van der Waals surface area contributed by atoms with E-state index < -0.39 is 0 Å². The third-order valence-electron chi connectivity index (χ3n) is 4.93. The van der Waals surface area contributed by atoms with E-state index in [2.05, 4.69) is 31.2 Å². The number of para-hydroxylation sites is 1. The number of piperazine rings is 1. The monoisotopic (exact) mass is 388 g/mol. The molecule has 1 saturated heterocycles. The molecule has 0 radical (unpaired) electrons. The van der Waals surface area contributed by atoms with Gasteiger partial charge in [-0.1, -0.05) is 12.1 Å². The highest BCUT2D eigenvalue weighted by Gasteiger charge is 2.19. The van der Waals surface area contributed by atoms with Crippen LogP contribution in [0.4, 0.5) is 27.4 Å². The molecule has 1 aliphatic heterocycles. The molecule has 0 aliphatic carbocycles. The van der Waals surface area contributed by atoms with Crippen molar-refractivity contribution < 1.29 is 4.39 Å². The van der Waals surface area contributed by atoms with E-state index in [1.807, 2.05) is 43.3 Å². The first-order valence-electron chi connectivity index (χ1n) is 9.50. The molecule has 29 heavy (non-hydrogen) atoms. The molecule has 2 heterocycles. The van der Waals surface area contributed by atoms with Crippen molar-refractivity contribution in [3.05, 3.63) is 71.8 Å². The number of anilines is 4. The van der Waals surface area contributed by atoms with E-state index in [1.54, 1.807) is 6.07 Å². The standard InChI is InChI=1S/C22H21FN6/c1-16-25-21(27-20-5-3-2-4-17(20)15-24)14-22(26-16)29-12-10-28(11-13-29)19-8-6-18(23)7-9-19/h2-9,14H,10-13H2,1H3,(H,25,26,27). The van der Waals surface area contributed by atoms with Crippen LogP contribution in [-0.2, 0) is 0 Å². The number of aromatic nitrogens is 2. The van der Waals surface area contributed by atoms with E-state index >= 15 is 0 Å². The molecule has 0 bridgehead atoms. The highest BCUT2D eigenvalue weighted by atomic mass is 19.1. The van der Waals surface area contributed by atoms with E-state index in [1.165, 1.54) is 12.1 Å². The van der Waals surface area contributed by atoms with Gasteiger partial charge in [0.1, 0.15) is 29.3 Å². The van der Waals surface area contributed by atoms with Crippen molar-refractivity contribution >= 4 is 23.0 Å². The Labute approximate surface area is 169 Å². The van der Waals surface area contributed by atoms with Crippen molar-refractivity contribution in [2.45, 2.75) is 6.92 Å². The van der Waals surface area contributed by atoms with Crippen LogP contribution < -0.4 is 15.1 Å². The molecular formula is C22H21FN6. The highest BCUT2D eigenvalue weighted by Crippen LogP contribution is 2.24. The van der Waals surface area contributed by atoms with E-state index in [0.29, 0.717) is 17.2 Å². The molecule has 4 rings (SSSR count). The zero-order chi connectivity index (χ0) is 20.2. The molecular weight excluding hydrogens is 367 g/mol. The van der Waals surface area contributed by atoms with Gasteiger partial charge in [-0.25, -0.2) is 14.4 Å². The summed E-state index contributed by atoms with van der Waals surface area (Å²) in [6, 6.07) is 18.1. The van der Waals surface area contributed by atoms with E-state index in [9.17, 15) is 9.65 Å². The van der Waals surface area contributed by atoms with Crippen LogP contribution in [0.1, 0.15) is 11.4 Å². The van der Waals surface area contributed by atoms with Crippen LogP contribution in [0.2, 0.25) is 0 Å². The SMILES string of the molecule is Cc1nc(Nc2ccccc2C#N)cc(N2CCN(c3ccc(F)cc3)CC2)n1. The van der Waals surface area contributed by atoms with Crippen LogP contribution in [0.15, 0.2) is 54.6 Å². The Balaban J connectivity index is 1.48. The van der Waals surface area contributed by atoms with Crippen LogP contribution in [0, 0.1) is 24.1 Å². The smallest absolute Gasteiger partial charge is 0.136 e. The van der Waals surface area contributed by atoms with Gasteiger partial charge in [0, 0.05) is 37.9 Å². The number of nitrogens with zero attached hydrogens (tertiary/aromatic N) is 5. The largest absolute Gasteiger partial charge is 0.368 e. The third kappa shape index (κ3) is 4.27. The van der Waals surface area contributed by atoms with Gasteiger partial charge in [-0.2, -0.15) is 5.26 Å². The molecule has 0 saturated carbocycles. The first kappa shape index (κ1) is 18.7. The number of nitrogens with one attached hydrogen (secondary N) is 1. The molecule has 1 fully saturated rings. The fourth-order valence-corrected chi connectivity index (χ4v) is 3.45. The molecule has 2 aromatic carbocycles. The Morgan fingerprint density at radius 1 is 0.966 bits per heavy atom. The van der Waals surface area contributed by atoms with Crippen molar-refractivity contribution in [2.75, 3.05) is 41.3 Å². The highest BCUT2D eigenvalue weighted by molar-refractivity contribution is 5.66. The Kier molecular flexibility index (Phi) is 5.25. The van der Waals surface area contributed by atoms with Crippen molar-refractivity contribution in [1.82, 2.24) is 9.97 Å². The summed E-state index contributed by atoms with van der Waals surface area (Å²) in [4.78, 5) is 13.5. The van der Waals surface area contributed by atoms with Crippen LogP contribution >= 0.6 is 0 Å². The Morgan fingerprint density at radius 3 is 2.38 bits per heavy atom. The van der Waals surface area contributed by atoms with E-state index in [0.717, 1.165) is 43.4 Å². The maximum Gasteiger partial charge on any atom is 0.136 e. The zero-order valence-corrected chi connectivity index (χ0v) is 16.1. The van der Waals surface area contributed by atoms with Gasteiger partial charge in [0.05, 0.1) is 11.3 Å². The third-order valence-corrected chi connectivity index (χ3v) is 4.93. The number of rotatable bonds is 4. The molecule has 6 nitrogen and oxygen atoms in total. The van der Waals surface area contributed by atoms with Gasteiger partial charge in [0.15, 0.2) is 0 Å². The molecule has 0 amide bonds. The van der Waals surface area contributed by atoms with Gasteiger partial charge in [0.25, 0.3) is 0 Å². The van der Waals surface area contributed by atoms with E-state index in [-0.39, 0.29) is 5.82 Å². The van der Waals surface area contributed by atoms with Crippen molar-refractivity contribution in [1.29, 1.82) is 5.26 Å².